The number of amides is 2. The fourth-order valence-electron chi connectivity index (χ4n) is 1.07. The third kappa shape index (κ3) is 2.24. The molecule has 1 heterocycles. The molecule has 1 N–H and O–H groups in total. The highest BCUT2D eigenvalue weighted by atomic mass is 35.5. The number of carbonyl (C=O) groups is 2. The molecule has 0 aliphatic carbocycles. The van der Waals surface area contributed by atoms with Gasteiger partial charge in [-0.2, -0.15) is 5.06 Å². The van der Waals surface area contributed by atoms with E-state index >= 15 is 0 Å². The van der Waals surface area contributed by atoms with Crippen LogP contribution in [0.15, 0.2) is 11.8 Å². The predicted octanol–water partition coefficient (Wildman–Crippen LogP) is 0.0190. The second-order valence-electron chi connectivity index (χ2n) is 2.61. The van der Waals surface area contributed by atoms with E-state index in [1.165, 1.54) is 7.05 Å². The van der Waals surface area contributed by atoms with Gasteiger partial charge in [0.25, 0.3) is 11.8 Å². The molecule has 1 rings (SSSR count). The van der Waals surface area contributed by atoms with Gasteiger partial charge in [-0.1, -0.05) is 6.08 Å². The lowest BCUT2D eigenvalue weighted by atomic mass is 10.3. The molecular formula is C8H11ClN2O3. The highest BCUT2D eigenvalue weighted by Crippen LogP contribution is 2.13. The van der Waals surface area contributed by atoms with Crippen molar-refractivity contribution in [3.05, 3.63) is 11.8 Å². The molecule has 6 heteroatoms. The maximum absolute atomic E-state index is 11.3. The van der Waals surface area contributed by atoms with Crippen molar-refractivity contribution in [2.75, 3.05) is 19.5 Å². The second-order valence-corrected chi connectivity index (χ2v) is 2.88. The van der Waals surface area contributed by atoms with Crippen LogP contribution in [0.25, 0.3) is 0 Å². The third-order valence-corrected chi connectivity index (χ3v) is 1.92. The van der Waals surface area contributed by atoms with Crippen LogP contribution in [0.5, 0.6) is 0 Å². The van der Waals surface area contributed by atoms with Crippen LogP contribution in [0, 0.1) is 0 Å². The molecule has 0 aromatic heterocycles. The molecule has 0 saturated heterocycles. The van der Waals surface area contributed by atoms with E-state index in [1.54, 1.807) is 6.08 Å². The minimum Gasteiger partial charge on any atom is -0.354 e. The van der Waals surface area contributed by atoms with E-state index in [2.05, 4.69) is 5.32 Å². The Bertz CT molecular complexity index is 278. The zero-order chi connectivity index (χ0) is 10.6. The summed E-state index contributed by atoms with van der Waals surface area (Å²) in [4.78, 5) is 27.6. The summed E-state index contributed by atoms with van der Waals surface area (Å²) in [5.74, 6) is -1.02. The summed E-state index contributed by atoms with van der Waals surface area (Å²) in [6.07, 6.45) is 2.25. The van der Waals surface area contributed by atoms with Crippen molar-refractivity contribution in [2.24, 2.45) is 0 Å². The molecule has 5 nitrogen and oxygen atoms in total. The summed E-state index contributed by atoms with van der Waals surface area (Å²) >= 11 is 5.37. The monoisotopic (exact) mass is 218 g/mol. The topological polar surface area (TPSA) is 58.6 Å². The number of nitrogens with zero attached hydrogens (tertiary/aromatic N) is 1. The molecule has 0 spiro atoms. The van der Waals surface area contributed by atoms with Crippen molar-refractivity contribution in [1.82, 2.24) is 10.4 Å². The number of hydrogen-bond donors (Lipinski definition) is 1. The smallest absolute Gasteiger partial charge is 0.269 e. The number of carbonyl (C=O) groups excluding carboxylic acids is 2. The fourth-order valence-corrected chi connectivity index (χ4v) is 1.17. The van der Waals surface area contributed by atoms with Crippen molar-refractivity contribution >= 4 is 23.4 Å². The highest BCUT2D eigenvalue weighted by Gasteiger charge is 2.25. The van der Waals surface area contributed by atoms with E-state index in [4.69, 9.17) is 16.4 Å². The molecule has 14 heavy (non-hydrogen) atoms. The normalized spacial score (nSPS) is 16.1. The Morgan fingerprint density at radius 2 is 2.43 bits per heavy atom. The van der Waals surface area contributed by atoms with Crippen LogP contribution in [0.2, 0.25) is 0 Å². The van der Waals surface area contributed by atoms with Crippen LogP contribution in [0.1, 0.15) is 6.42 Å². The number of halogens is 1. The van der Waals surface area contributed by atoms with Crippen LogP contribution < -0.4 is 5.32 Å². The Labute approximate surface area is 86.6 Å². The van der Waals surface area contributed by atoms with Gasteiger partial charge < -0.3 is 5.32 Å². The Hall–Kier alpha value is -1.07. The van der Waals surface area contributed by atoms with Gasteiger partial charge in [-0.25, -0.2) is 0 Å². The Morgan fingerprint density at radius 1 is 1.71 bits per heavy atom. The van der Waals surface area contributed by atoms with Gasteiger partial charge in [0.15, 0.2) is 0 Å². The van der Waals surface area contributed by atoms with Crippen molar-refractivity contribution in [1.29, 1.82) is 0 Å². The van der Waals surface area contributed by atoms with Gasteiger partial charge in [0.05, 0.1) is 6.61 Å². The third-order valence-electron chi connectivity index (χ3n) is 1.70. The Morgan fingerprint density at radius 3 is 3.00 bits per heavy atom. The van der Waals surface area contributed by atoms with Crippen LogP contribution >= 0.6 is 11.6 Å². The lowest BCUT2D eigenvalue weighted by molar-refractivity contribution is -0.177. The van der Waals surface area contributed by atoms with Crippen molar-refractivity contribution in [3.8, 4) is 0 Å². The molecule has 0 radical (unpaired) electrons. The molecule has 0 saturated carbocycles. The standard InChI is InChI=1S/C8H11ClN2O3/c1-10-8(13)6-3-2-4-14-11(6)7(12)5-9/h3H,2,4-5H2,1H3,(H,10,13). The van der Waals surface area contributed by atoms with E-state index in [0.29, 0.717) is 13.0 Å². The number of rotatable bonds is 2. The quantitative estimate of drug-likeness (QED) is 0.665. The summed E-state index contributed by atoms with van der Waals surface area (Å²) in [5, 5.41) is 3.36. The van der Waals surface area contributed by atoms with Gasteiger partial charge in [0.1, 0.15) is 11.6 Å². The average molecular weight is 219 g/mol. The van der Waals surface area contributed by atoms with Gasteiger partial charge in [-0.3, -0.25) is 14.4 Å². The Balaban J connectivity index is 2.82. The van der Waals surface area contributed by atoms with Crippen LogP contribution in [-0.2, 0) is 14.4 Å². The summed E-state index contributed by atoms with van der Waals surface area (Å²) in [6, 6.07) is 0. The zero-order valence-electron chi connectivity index (χ0n) is 7.75. The number of alkyl halides is 1. The van der Waals surface area contributed by atoms with Gasteiger partial charge in [-0.15, -0.1) is 11.6 Å². The van der Waals surface area contributed by atoms with Crippen molar-refractivity contribution in [2.45, 2.75) is 6.42 Å². The minimum atomic E-state index is -0.443. The second kappa shape index (κ2) is 4.97. The summed E-state index contributed by atoms with van der Waals surface area (Å²) < 4.78 is 0. The van der Waals surface area contributed by atoms with E-state index in [0.717, 1.165) is 5.06 Å². The Kier molecular flexibility index (Phi) is 3.91. The van der Waals surface area contributed by atoms with E-state index < -0.39 is 5.91 Å². The lowest BCUT2D eigenvalue weighted by Gasteiger charge is -2.25. The van der Waals surface area contributed by atoms with E-state index in [9.17, 15) is 9.59 Å². The van der Waals surface area contributed by atoms with Crippen LogP contribution in [0.3, 0.4) is 0 Å². The molecule has 0 aromatic rings. The highest BCUT2D eigenvalue weighted by molar-refractivity contribution is 6.27. The van der Waals surface area contributed by atoms with E-state index in [-0.39, 0.29) is 17.5 Å². The van der Waals surface area contributed by atoms with Gasteiger partial charge in [0.2, 0.25) is 0 Å². The van der Waals surface area contributed by atoms with E-state index in [1.807, 2.05) is 0 Å². The summed E-state index contributed by atoms with van der Waals surface area (Å²) in [6.45, 7) is 0.378. The first-order chi connectivity index (χ1) is 6.70. The minimum absolute atomic E-state index is 0.199. The van der Waals surface area contributed by atoms with Gasteiger partial charge in [0, 0.05) is 7.05 Å². The molecule has 1 aliphatic rings. The maximum Gasteiger partial charge on any atom is 0.269 e. The first kappa shape index (κ1) is 11.0. The maximum atomic E-state index is 11.3. The molecule has 2 amide bonds. The van der Waals surface area contributed by atoms with Crippen LogP contribution in [-0.4, -0.2) is 36.4 Å². The van der Waals surface area contributed by atoms with Gasteiger partial charge >= 0.3 is 0 Å². The SMILES string of the molecule is CNC(=O)C1=CCCON1C(=O)CCl. The first-order valence-electron chi connectivity index (χ1n) is 4.14. The molecule has 0 atom stereocenters. The first-order valence-corrected chi connectivity index (χ1v) is 4.68. The lowest BCUT2D eigenvalue weighted by Crippen LogP contribution is -2.40. The number of hydrogen-bond acceptors (Lipinski definition) is 3. The number of likely N-dealkylation sites (N-methyl/N-ethyl adjacent to an activating group) is 1. The zero-order valence-corrected chi connectivity index (χ0v) is 8.50. The molecule has 0 fully saturated rings. The molecule has 0 aromatic carbocycles. The number of nitrogens with one attached hydrogen (secondary N) is 1. The summed E-state index contributed by atoms with van der Waals surface area (Å²) in [7, 11) is 1.49. The molecule has 0 bridgehead atoms. The predicted molar refractivity (Wildman–Crippen MR) is 50.3 cm³/mol. The molecule has 78 valence electrons. The molecular weight excluding hydrogens is 208 g/mol. The molecule has 0 unspecified atom stereocenters. The van der Waals surface area contributed by atoms with Crippen molar-refractivity contribution < 1.29 is 14.4 Å². The fraction of sp³-hybridized carbons (Fsp3) is 0.500. The molecule has 1 aliphatic heterocycles. The largest absolute Gasteiger partial charge is 0.354 e. The number of hydroxylamine groups is 2. The van der Waals surface area contributed by atoms with Gasteiger partial charge in [-0.05, 0) is 6.42 Å². The summed E-state index contributed by atoms with van der Waals surface area (Å²) in [5.41, 5.74) is 0.199. The van der Waals surface area contributed by atoms with Crippen molar-refractivity contribution in [3.63, 3.8) is 0 Å². The average Bonchev–Trinajstić information content (AvgIpc) is 2.27. The van der Waals surface area contributed by atoms with Crippen LogP contribution in [0.4, 0.5) is 0 Å².